The van der Waals surface area contributed by atoms with Gasteiger partial charge in [0.1, 0.15) is 12.4 Å². The Hall–Kier alpha value is -4.60. The van der Waals surface area contributed by atoms with Crippen LogP contribution in [0.4, 0.5) is 0 Å². The van der Waals surface area contributed by atoms with Gasteiger partial charge in [-0.2, -0.15) is 0 Å². The Morgan fingerprint density at radius 1 is 0.780 bits per heavy atom. The normalized spacial score (nSPS) is 14.0. The van der Waals surface area contributed by atoms with Crippen LogP contribution in [-0.4, -0.2) is 72.1 Å². The summed E-state index contributed by atoms with van der Waals surface area (Å²) in [7, 11) is 7.69. The average Bonchev–Trinajstić information content (AvgIpc) is 3.01. The Balaban J connectivity index is 1.70. The van der Waals surface area contributed by atoms with Gasteiger partial charge in [0.15, 0.2) is 23.0 Å². The van der Waals surface area contributed by atoms with E-state index in [0.717, 1.165) is 11.1 Å². The van der Waals surface area contributed by atoms with Crippen LogP contribution in [0.25, 0.3) is 0 Å². The lowest BCUT2D eigenvalue weighted by atomic mass is 9.91. The summed E-state index contributed by atoms with van der Waals surface area (Å²) in [5.41, 5.74) is 2.73. The fourth-order valence-corrected chi connectivity index (χ4v) is 4.90. The van der Waals surface area contributed by atoms with Crippen molar-refractivity contribution in [2.75, 3.05) is 55.3 Å². The molecule has 0 spiro atoms. The minimum atomic E-state index is -0.463. The van der Waals surface area contributed by atoms with Crippen molar-refractivity contribution in [3.8, 4) is 34.5 Å². The van der Waals surface area contributed by atoms with Gasteiger partial charge < -0.3 is 38.1 Å². The highest BCUT2D eigenvalue weighted by molar-refractivity contribution is 5.96. The lowest BCUT2D eigenvalue weighted by molar-refractivity contribution is 0.0524. The van der Waals surface area contributed by atoms with Crippen molar-refractivity contribution < 1.29 is 42.7 Å². The number of amides is 1. The summed E-state index contributed by atoms with van der Waals surface area (Å²) in [6.45, 7) is 2.64. The third-order valence-electron chi connectivity index (χ3n) is 6.95. The number of carbonyl (C=O) groups is 2. The number of esters is 1. The highest BCUT2D eigenvalue weighted by Crippen LogP contribution is 2.41. The molecule has 4 rings (SSSR count). The van der Waals surface area contributed by atoms with Gasteiger partial charge in [-0.05, 0) is 73.0 Å². The molecule has 0 saturated carbocycles. The molecule has 0 aromatic heterocycles. The zero-order valence-corrected chi connectivity index (χ0v) is 24.1. The van der Waals surface area contributed by atoms with E-state index in [1.165, 1.54) is 21.3 Å². The van der Waals surface area contributed by atoms with Gasteiger partial charge in [0.2, 0.25) is 5.75 Å². The number of methoxy groups -OCH3 is 5. The van der Waals surface area contributed by atoms with E-state index >= 15 is 0 Å². The van der Waals surface area contributed by atoms with Crippen LogP contribution in [0.5, 0.6) is 34.5 Å². The lowest BCUT2D eigenvalue weighted by Gasteiger charge is -2.37. The first kappa shape index (κ1) is 29.4. The monoisotopic (exact) mass is 565 g/mol. The molecule has 1 amide bonds. The molecule has 10 nitrogen and oxygen atoms in total. The van der Waals surface area contributed by atoms with Crippen LogP contribution in [0.15, 0.2) is 48.5 Å². The first-order valence-corrected chi connectivity index (χ1v) is 13.1. The molecule has 1 aliphatic rings. The molecule has 218 valence electrons. The zero-order chi connectivity index (χ0) is 29.5. The molecule has 0 unspecified atom stereocenters. The molecule has 0 N–H and O–H groups in total. The third kappa shape index (κ3) is 6.11. The van der Waals surface area contributed by atoms with Gasteiger partial charge in [-0.15, -0.1) is 0 Å². The van der Waals surface area contributed by atoms with Crippen LogP contribution in [0.3, 0.4) is 0 Å². The molecule has 0 fully saturated rings. The number of rotatable bonds is 11. The number of hydrogen-bond acceptors (Lipinski definition) is 9. The van der Waals surface area contributed by atoms with Gasteiger partial charge in [-0.25, -0.2) is 4.79 Å². The summed E-state index contributed by atoms with van der Waals surface area (Å²) in [4.78, 5) is 27.8. The first-order valence-electron chi connectivity index (χ1n) is 13.1. The molecule has 41 heavy (non-hydrogen) atoms. The molecule has 0 radical (unpaired) electrons. The van der Waals surface area contributed by atoms with Crippen molar-refractivity contribution in [3.05, 3.63) is 70.8 Å². The van der Waals surface area contributed by atoms with Gasteiger partial charge in [-0.3, -0.25) is 4.79 Å². The molecular formula is C31H35NO9. The molecule has 1 aliphatic heterocycles. The molecular weight excluding hydrogens is 530 g/mol. The summed E-state index contributed by atoms with van der Waals surface area (Å²) < 4.78 is 38.7. The second-order valence-electron chi connectivity index (χ2n) is 9.14. The van der Waals surface area contributed by atoms with Gasteiger partial charge in [0.25, 0.3) is 5.91 Å². The van der Waals surface area contributed by atoms with Gasteiger partial charge in [-0.1, -0.05) is 0 Å². The SMILES string of the molecule is CCOC(=O)c1ccc(OC[C@@H]2c3cc(OC)c(OC)cc3CCN2C(=O)c2cc(OC)c(OC)c(OC)c2)cc1. The second-order valence-corrected chi connectivity index (χ2v) is 9.14. The molecule has 0 saturated heterocycles. The topological polar surface area (TPSA) is 102 Å². The van der Waals surface area contributed by atoms with Crippen LogP contribution in [0, 0.1) is 0 Å². The van der Waals surface area contributed by atoms with Gasteiger partial charge >= 0.3 is 5.97 Å². The lowest BCUT2D eigenvalue weighted by Crippen LogP contribution is -2.42. The summed E-state index contributed by atoms with van der Waals surface area (Å²) in [5, 5.41) is 0. The molecule has 1 heterocycles. The predicted octanol–water partition coefficient (Wildman–Crippen LogP) is 4.72. The Morgan fingerprint density at radius 3 is 1.95 bits per heavy atom. The van der Waals surface area contributed by atoms with E-state index in [4.69, 9.17) is 33.2 Å². The van der Waals surface area contributed by atoms with Crippen molar-refractivity contribution in [2.45, 2.75) is 19.4 Å². The molecule has 0 bridgehead atoms. The van der Waals surface area contributed by atoms with Crippen molar-refractivity contribution in [1.29, 1.82) is 0 Å². The number of carbonyl (C=O) groups excluding carboxylic acids is 2. The molecule has 3 aromatic carbocycles. The van der Waals surface area contributed by atoms with E-state index in [9.17, 15) is 9.59 Å². The fraction of sp³-hybridized carbons (Fsp3) is 0.355. The number of hydrogen-bond donors (Lipinski definition) is 0. The number of nitrogens with zero attached hydrogens (tertiary/aromatic N) is 1. The summed E-state index contributed by atoms with van der Waals surface area (Å²) in [6.07, 6.45) is 0.608. The second kappa shape index (κ2) is 13.2. The number of benzene rings is 3. The maximum absolute atomic E-state index is 14.0. The van der Waals surface area contributed by atoms with Crippen LogP contribution < -0.4 is 28.4 Å². The average molecular weight is 566 g/mol. The van der Waals surface area contributed by atoms with Gasteiger partial charge in [0.05, 0.1) is 53.8 Å². The van der Waals surface area contributed by atoms with Crippen molar-refractivity contribution in [3.63, 3.8) is 0 Å². The van der Waals surface area contributed by atoms with E-state index < -0.39 is 12.0 Å². The highest BCUT2D eigenvalue weighted by Gasteiger charge is 2.34. The van der Waals surface area contributed by atoms with Crippen molar-refractivity contribution in [2.24, 2.45) is 0 Å². The Morgan fingerprint density at radius 2 is 1.39 bits per heavy atom. The van der Waals surface area contributed by atoms with E-state index in [-0.39, 0.29) is 12.5 Å². The molecule has 10 heteroatoms. The van der Waals surface area contributed by atoms with E-state index in [0.29, 0.717) is 65.2 Å². The van der Waals surface area contributed by atoms with Crippen molar-refractivity contribution in [1.82, 2.24) is 4.90 Å². The van der Waals surface area contributed by atoms with E-state index in [1.807, 2.05) is 12.1 Å². The fourth-order valence-electron chi connectivity index (χ4n) is 4.90. The third-order valence-corrected chi connectivity index (χ3v) is 6.95. The quantitative estimate of drug-likeness (QED) is 0.306. The standard InChI is InChI=1S/C31H35NO9/c1-7-40-31(34)19-8-10-22(11-9-19)41-18-24-23-17-26(36-3)25(35-2)14-20(23)12-13-32(24)30(33)21-15-27(37-4)29(39-6)28(16-21)38-5/h8-11,14-17,24H,7,12-13,18H2,1-6H3/t24-/m1/s1. The zero-order valence-electron chi connectivity index (χ0n) is 24.1. The Bertz CT molecular complexity index is 1360. The molecule has 1 atom stereocenters. The van der Waals surface area contributed by atoms with Gasteiger partial charge in [0, 0.05) is 12.1 Å². The summed E-state index contributed by atoms with van der Waals surface area (Å²) >= 11 is 0. The van der Waals surface area contributed by atoms with Crippen molar-refractivity contribution >= 4 is 11.9 Å². The van der Waals surface area contributed by atoms with Crippen LogP contribution in [0.2, 0.25) is 0 Å². The van der Waals surface area contributed by atoms with E-state index in [1.54, 1.807) is 62.4 Å². The Labute approximate surface area is 239 Å². The maximum atomic E-state index is 14.0. The van der Waals surface area contributed by atoms with Crippen LogP contribution >= 0.6 is 0 Å². The first-order chi connectivity index (χ1) is 19.9. The highest BCUT2D eigenvalue weighted by atomic mass is 16.5. The smallest absolute Gasteiger partial charge is 0.338 e. The largest absolute Gasteiger partial charge is 0.493 e. The van der Waals surface area contributed by atoms with Crippen LogP contribution in [-0.2, 0) is 11.2 Å². The number of ether oxygens (including phenoxy) is 7. The number of fused-ring (bicyclic) bond motifs is 1. The summed E-state index contributed by atoms with van der Waals surface area (Å²) in [5.74, 6) is 2.26. The van der Waals surface area contributed by atoms with Crippen LogP contribution in [0.1, 0.15) is 44.8 Å². The molecule has 0 aliphatic carbocycles. The Kier molecular flexibility index (Phi) is 9.44. The minimum Gasteiger partial charge on any atom is -0.493 e. The predicted molar refractivity (Wildman–Crippen MR) is 151 cm³/mol. The minimum absolute atomic E-state index is 0.150. The maximum Gasteiger partial charge on any atom is 0.338 e. The summed E-state index contributed by atoms with van der Waals surface area (Å²) in [6, 6.07) is 13.3. The van der Waals surface area contributed by atoms with E-state index in [2.05, 4.69) is 0 Å². The molecule has 3 aromatic rings.